The second kappa shape index (κ2) is 7.21. The molecule has 0 bridgehead atoms. The number of anilines is 1. The van der Waals surface area contributed by atoms with E-state index in [0.29, 0.717) is 31.6 Å². The lowest BCUT2D eigenvalue weighted by Gasteiger charge is -2.18. The van der Waals surface area contributed by atoms with E-state index >= 15 is 0 Å². The van der Waals surface area contributed by atoms with Crippen molar-refractivity contribution in [1.29, 1.82) is 0 Å². The number of nitrogens with one attached hydrogen (secondary N) is 1. The van der Waals surface area contributed by atoms with Crippen molar-refractivity contribution in [2.75, 3.05) is 45.2 Å². The topological polar surface area (TPSA) is 35.6 Å². The molecule has 23 heavy (non-hydrogen) atoms. The Labute approximate surface area is 134 Å². The minimum absolute atomic E-state index is 0.0679. The van der Waals surface area contributed by atoms with Crippen molar-refractivity contribution >= 4 is 11.6 Å². The molecular weight excluding hydrogens is 307 g/mol. The Morgan fingerprint density at radius 2 is 2.13 bits per heavy atom. The smallest absolute Gasteiger partial charge is 0.378 e. The quantitative estimate of drug-likeness (QED) is 0.901. The Hall–Kier alpha value is -1.76. The number of likely N-dealkylation sites (tertiary alicyclic amines) is 1. The molecule has 0 aromatic heterocycles. The zero-order valence-corrected chi connectivity index (χ0v) is 13.4. The Morgan fingerprint density at radius 3 is 2.78 bits per heavy atom. The molecule has 1 fully saturated rings. The van der Waals surface area contributed by atoms with E-state index in [4.69, 9.17) is 0 Å². The Balaban J connectivity index is 1.82. The predicted octanol–water partition coefficient (Wildman–Crippen LogP) is 2.37. The predicted molar refractivity (Wildman–Crippen MR) is 83.7 cm³/mol. The van der Waals surface area contributed by atoms with Gasteiger partial charge in [0.25, 0.3) is 5.91 Å². The highest BCUT2D eigenvalue weighted by atomic mass is 19.4. The molecule has 2 rings (SSSR count). The van der Waals surface area contributed by atoms with E-state index < -0.39 is 12.7 Å². The van der Waals surface area contributed by atoms with Crippen LogP contribution in [0.2, 0.25) is 0 Å². The number of carbonyl (C=O) groups excluding carboxylic acids is 1. The Bertz CT molecular complexity index is 546. The number of hydrogen-bond donors (Lipinski definition) is 1. The largest absolute Gasteiger partial charge is 0.401 e. The van der Waals surface area contributed by atoms with Gasteiger partial charge in [0.1, 0.15) is 0 Å². The summed E-state index contributed by atoms with van der Waals surface area (Å²) in [5.74, 6) is -0.124. The number of carbonyl (C=O) groups is 1. The lowest BCUT2D eigenvalue weighted by molar-refractivity contribution is -0.143. The first-order valence-electron chi connectivity index (χ1n) is 7.59. The van der Waals surface area contributed by atoms with Gasteiger partial charge in [-0.05, 0) is 37.1 Å². The summed E-state index contributed by atoms with van der Waals surface area (Å²) in [7, 11) is 3.79. The second-order valence-electron chi connectivity index (χ2n) is 6.16. The van der Waals surface area contributed by atoms with E-state index in [2.05, 4.69) is 5.32 Å². The lowest BCUT2D eigenvalue weighted by atomic mass is 10.1. The maximum absolute atomic E-state index is 12.4. The van der Waals surface area contributed by atoms with Gasteiger partial charge in [-0.2, -0.15) is 13.2 Å². The molecule has 1 saturated heterocycles. The number of alkyl halides is 3. The summed E-state index contributed by atoms with van der Waals surface area (Å²) in [6.07, 6.45) is -3.49. The van der Waals surface area contributed by atoms with Gasteiger partial charge in [0.05, 0.1) is 6.54 Å². The fourth-order valence-electron chi connectivity index (χ4n) is 2.74. The van der Waals surface area contributed by atoms with Crippen molar-refractivity contribution in [2.24, 2.45) is 5.92 Å². The van der Waals surface area contributed by atoms with Crippen LogP contribution >= 0.6 is 0 Å². The molecule has 1 aliphatic rings. The summed E-state index contributed by atoms with van der Waals surface area (Å²) in [6.45, 7) is 0.329. The highest BCUT2D eigenvalue weighted by Gasteiger charge is 2.34. The number of hydrogen-bond acceptors (Lipinski definition) is 3. The number of rotatable bonds is 5. The molecule has 0 aliphatic carbocycles. The summed E-state index contributed by atoms with van der Waals surface area (Å²) in [5.41, 5.74) is 1.48. The standard InChI is InChI=1S/C16H22F3N3O/c1-21(2)14-5-3-4-13(8-14)15(23)20-9-12-6-7-22(10-12)11-16(17,18)19/h3-5,8,12H,6-7,9-11H2,1-2H3,(H,20,23). The van der Waals surface area contributed by atoms with Crippen LogP contribution < -0.4 is 10.2 Å². The van der Waals surface area contributed by atoms with E-state index in [1.54, 1.807) is 12.1 Å². The zero-order chi connectivity index (χ0) is 17.0. The molecule has 7 heteroatoms. The van der Waals surface area contributed by atoms with Crippen LogP contribution in [0.3, 0.4) is 0 Å². The molecule has 1 N–H and O–H groups in total. The van der Waals surface area contributed by atoms with Crippen LogP contribution in [0.25, 0.3) is 0 Å². The van der Waals surface area contributed by atoms with Crippen molar-refractivity contribution in [2.45, 2.75) is 12.6 Å². The summed E-state index contributed by atoms with van der Waals surface area (Å²) in [5, 5.41) is 2.83. The summed E-state index contributed by atoms with van der Waals surface area (Å²) < 4.78 is 37.1. The average Bonchev–Trinajstić information content (AvgIpc) is 2.90. The highest BCUT2D eigenvalue weighted by molar-refractivity contribution is 5.95. The molecule has 0 radical (unpaired) electrons. The van der Waals surface area contributed by atoms with Gasteiger partial charge in [-0.3, -0.25) is 9.69 Å². The molecule has 1 aromatic carbocycles. The van der Waals surface area contributed by atoms with Crippen LogP contribution in [-0.2, 0) is 0 Å². The van der Waals surface area contributed by atoms with E-state index in [1.165, 1.54) is 4.90 Å². The molecule has 1 atom stereocenters. The Kier molecular flexibility index (Phi) is 5.51. The normalized spacial score (nSPS) is 18.9. The molecule has 1 heterocycles. The molecule has 0 spiro atoms. The highest BCUT2D eigenvalue weighted by Crippen LogP contribution is 2.22. The van der Waals surface area contributed by atoms with Gasteiger partial charge < -0.3 is 10.2 Å². The Morgan fingerprint density at radius 1 is 1.39 bits per heavy atom. The first-order valence-corrected chi connectivity index (χ1v) is 7.59. The maximum atomic E-state index is 12.4. The van der Waals surface area contributed by atoms with Gasteiger partial charge in [0, 0.05) is 38.4 Å². The SMILES string of the molecule is CN(C)c1cccc(C(=O)NCC2CCN(CC(F)(F)F)C2)c1. The van der Waals surface area contributed by atoms with Gasteiger partial charge in [-0.15, -0.1) is 0 Å². The minimum atomic E-state index is -4.16. The molecule has 4 nitrogen and oxygen atoms in total. The summed E-state index contributed by atoms with van der Waals surface area (Å²) >= 11 is 0. The van der Waals surface area contributed by atoms with Gasteiger partial charge >= 0.3 is 6.18 Å². The van der Waals surface area contributed by atoms with Crippen LogP contribution in [0, 0.1) is 5.92 Å². The van der Waals surface area contributed by atoms with Gasteiger partial charge in [-0.1, -0.05) is 6.07 Å². The fourth-order valence-corrected chi connectivity index (χ4v) is 2.74. The second-order valence-corrected chi connectivity index (χ2v) is 6.16. The number of halogens is 3. The number of amides is 1. The van der Waals surface area contributed by atoms with E-state index in [1.807, 2.05) is 31.1 Å². The first-order chi connectivity index (χ1) is 10.7. The molecule has 1 amide bonds. The molecule has 1 aliphatic heterocycles. The number of nitrogens with zero attached hydrogens (tertiary/aromatic N) is 2. The van der Waals surface area contributed by atoms with E-state index in [0.717, 1.165) is 5.69 Å². The van der Waals surface area contributed by atoms with Gasteiger partial charge in [0.2, 0.25) is 0 Å². The van der Waals surface area contributed by atoms with Crippen molar-refractivity contribution in [3.05, 3.63) is 29.8 Å². The summed E-state index contributed by atoms with van der Waals surface area (Å²) in [4.78, 5) is 15.5. The van der Waals surface area contributed by atoms with Crippen molar-refractivity contribution in [1.82, 2.24) is 10.2 Å². The van der Waals surface area contributed by atoms with Crippen LogP contribution in [-0.4, -0.2) is 57.3 Å². The fraction of sp³-hybridized carbons (Fsp3) is 0.562. The van der Waals surface area contributed by atoms with Crippen LogP contribution in [0.5, 0.6) is 0 Å². The molecular formula is C16H22F3N3O. The van der Waals surface area contributed by atoms with Gasteiger partial charge in [0.15, 0.2) is 0 Å². The molecule has 0 saturated carbocycles. The minimum Gasteiger partial charge on any atom is -0.378 e. The molecule has 1 aromatic rings. The summed E-state index contributed by atoms with van der Waals surface area (Å²) in [6, 6.07) is 7.24. The first kappa shape index (κ1) is 17.6. The third-order valence-corrected chi connectivity index (χ3v) is 3.95. The lowest BCUT2D eigenvalue weighted by Crippen LogP contribution is -2.34. The third kappa shape index (κ3) is 5.42. The monoisotopic (exact) mass is 329 g/mol. The zero-order valence-electron chi connectivity index (χ0n) is 13.4. The van der Waals surface area contributed by atoms with Crippen molar-refractivity contribution in [3.8, 4) is 0 Å². The molecule has 128 valence electrons. The van der Waals surface area contributed by atoms with Crippen LogP contribution in [0.4, 0.5) is 18.9 Å². The van der Waals surface area contributed by atoms with Crippen LogP contribution in [0.1, 0.15) is 16.8 Å². The van der Waals surface area contributed by atoms with Gasteiger partial charge in [-0.25, -0.2) is 0 Å². The van der Waals surface area contributed by atoms with Crippen molar-refractivity contribution in [3.63, 3.8) is 0 Å². The molecule has 1 unspecified atom stereocenters. The van der Waals surface area contributed by atoms with E-state index in [-0.39, 0.29) is 11.8 Å². The van der Waals surface area contributed by atoms with Crippen molar-refractivity contribution < 1.29 is 18.0 Å². The van der Waals surface area contributed by atoms with Crippen LogP contribution in [0.15, 0.2) is 24.3 Å². The number of benzene rings is 1. The maximum Gasteiger partial charge on any atom is 0.401 e. The van der Waals surface area contributed by atoms with E-state index in [9.17, 15) is 18.0 Å². The third-order valence-electron chi connectivity index (χ3n) is 3.95. The average molecular weight is 329 g/mol.